The van der Waals surface area contributed by atoms with Crippen LogP contribution in [-0.4, -0.2) is 59.6 Å². The van der Waals surface area contributed by atoms with Crippen molar-refractivity contribution in [3.05, 3.63) is 50.9 Å². The summed E-state index contributed by atoms with van der Waals surface area (Å²) in [5.41, 5.74) is 6.05. The summed E-state index contributed by atoms with van der Waals surface area (Å²) in [5, 5.41) is 0. The Morgan fingerprint density at radius 2 is 1.79 bits per heavy atom. The lowest BCUT2D eigenvalue weighted by molar-refractivity contribution is -0.119. The maximum atomic E-state index is 13.4. The zero-order chi connectivity index (χ0) is 24.8. The van der Waals surface area contributed by atoms with E-state index in [2.05, 4.69) is 9.88 Å². The molecule has 9 nitrogen and oxygen atoms in total. The number of halogens is 1. The van der Waals surface area contributed by atoms with Gasteiger partial charge in [0.15, 0.2) is 5.69 Å². The van der Waals surface area contributed by atoms with E-state index in [9.17, 15) is 18.8 Å². The molecule has 186 valence electrons. The summed E-state index contributed by atoms with van der Waals surface area (Å²) in [6.07, 6.45) is 1.54. The average molecular weight is 475 g/mol. The van der Waals surface area contributed by atoms with Gasteiger partial charge in [0.1, 0.15) is 11.6 Å². The predicted octanol–water partition coefficient (Wildman–Crippen LogP) is 1.87. The van der Waals surface area contributed by atoms with E-state index in [-0.39, 0.29) is 35.7 Å². The number of hydrogen-bond acceptors (Lipinski definition) is 6. The molecule has 0 spiro atoms. The molecule has 2 aromatic rings. The van der Waals surface area contributed by atoms with Crippen LogP contribution in [0.1, 0.15) is 33.6 Å². The molecular weight excluding hydrogens is 439 g/mol. The third kappa shape index (κ3) is 6.05. The molecule has 0 bridgehead atoms. The van der Waals surface area contributed by atoms with Crippen molar-refractivity contribution in [1.82, 2.24) is 14.5 Å². The number of aromatic nitrogens is 2. The van der Waals surface area contributed by atoms with E-state index in [1.807, 2.05) is 25.7 Å². The molecule has 1 aliphatic rings. The molecule has 0 saturated carbocycles. The molecule has 10 heteroatoms. The van der Waals surface area contributed by atoms with Gasteiger partial charge in [-0.05, 0) is 36.6 Å². The van der Waals surface area contributed by atoms with Crippen LogP contribution in [0.3, 0.4) is 0 Å². The molecule has 0 aliphatic carbocycles. The Morgan fingerprint density at radius 3 is 2.38 bits per heavy atom. The van der Waals surface area contributed by atoms with Crippen molar-refractivity contribution in [2.45, 2.75) is 40.2 Å². The molecule has 1 amide bonds. The van der Waals surface area contributed by atoms with Crippen molar-refractivity contribution in [1.29, 1.82) is 0 Å². The second-order valence-corrected chi connectivity index (χ2v) is 9.14. The largest absolute Gasteiger partial charge is 0.383 e. The highest BCUT2D eigenvalue weighted by Crippen LogP contribution is 2.20. The van der Waals surface area contributed by atoms with Crippen molar-refractivity contribution < 1.29 is 9.18 Å². The number of amides is 1. The molecule has 1 aliphatic heterocycles. The van der Waals surface area contributed by atoms with Crippen molar-refractivity contribution in [2.75, 3.05) is 54.8 Å². The van der Waals surface area contributed by atoms with Crippen molar-refractivity contribution in [3.8, 4) is 0 Å². The van der Waals surface area contributed by atoms with E-state index >= 15 is 0 Å². The molecule has 1 fully saturated rings. The number of nitrogen functional groups attached to an aromatic ring is 1. The average Bonchev–Trinajstić information content (AvgIpc) is 2.79. The lowest BCUT2D eigenvalue weighted by Crippen LogP contribution is -2.51. The summed E-state index contributed by atoms with van der Waals surface area (Å²) in [7, 11) is 0. The molecular formula is C24H35FN6O3. The van der Waals surface area contributed by atoms with Crippen LogP contribution in [0, 0.1) is 11.7 Å². The van der Waals surface area contributed by atoms with E-state index in [0.717, 1.165) is 12.1 Å². The zero-order valence-electron chi connectivity index (χ0n) is 20.2. The number of H-pyrrole nitrogens is 1. The van der Waals surface area contributed by atoms with Gasteiger partial charge >= 0.3 is 5.69 Å². The zero-order valence-corrected chi connectivity index (χ0v) is 20.2. The highest BCUT2D eigenvalue weighted by molar-refractivity contribution is 5.96. The van der Waals surface area contributed by atoms with Crippen molar-refractivity contribution >= 4 is 23.1 Å². The number of nitrogens with zero attached hydrogens (tertiary/aromatic N) is 4. The predicted molar refractivity (Wildman–Crippen MR) is 133 cm³/mol. The lowest BCUT2D eigenvalue weighted by atomic mass is 10.2. The maximum absolute atomic E-state index is 13.4. The van der Waals surface area contributed by atoms with Crippen LogP contribution in [0.2, 0.25) is 0 Å². The molecule has 3 rings (SSSR count). The second-order valence-electron chi connectivity index (χ2n) is 9.14. The number of carbonyl (C=O) groups excluding carboxylic acids is 1. The van der Waals surface area contributed by atoms with Gasteiger partial charge in [-0.2, -0.15) is 0 Å². The summed E-state index contributed by atoms with van der Waals surface area (Å²) in [4.78, 5) is 46.4. The van der Waals surface area contributed by atoms with Gasteiger partial charge in [0.25, 0.3) is 5.56 Å². The van der Waals surface area contributed by atoms with Crippen LogP contribution in [0.4, 0.5) is 21.6 Å². The minimum absolute atomic E-state index is 0.0213. The number of hydrogen-bond donors (Lipinski definition) is 2. The standard InChI is InChI=1S/C24H35FN6O3/c1-4-5-10-30(21-22(26)31(15-17(2)3)24(34)27-23(21)33)20(32)16-28-11-13-29(14-12-28)19-8-6-18(25)7-9-19/h6-9,17H,4-5,10-16,26H2,1-3H3,(H,27,33,34). The molecule has 1 aromatic heterocycles. The molecule has 0 atom stereocenters. The second kappa shape index (κ2) is 11.3. The van der Waals surface area contributed by atoms with Crippen molar-refractivity contribution in [3.63, 3.8) is 0 Å². The monoisotopic (exact) mass is 474 g/mol. The first-order valence-electron chi connectivity index (χ1n) is 11.9. The molecule has 3 N–H and O–H groups in total. The van der Waals surface area contributed by atoms with E-state index in [1.54, 1.807) is 12.1 Å². The molecule has 0 radical (unpaired) electrons. The van der Waals surface area contributed by atoms with E-state index in [4.69, 9.17) is 5.73 Å². The van der Waals surface area contributed by atoms with Crippen LogP contribution in [0.15, 0.2) is 33.9 Å². The number of anilines is 3. The van der Waals surface area contributed by atoms with Gasteiger partial charge < -0.3 is 15.5 Å². The van der Waals surface area contributed by atoms with Crippen LogP contribution >= 0.6 is 0 Å². The summed E-state index contributed by atoms with van der Waals surface area (Å²) in [6.45, 7) is 9.45. The van der Waals surface area contributed by atoms with E-state index in [1.165, 1.54) is 21.6 Å². The Morgan fingerprint density at radius 1 is 1.15 bits per heavy atom. The fraction of sp³-hybridized carbons (Fsp3) is 0.542. The van der Waals surface area contributed by atoms with E-state index in [0.29, 0.717) is 45.7 Å². The Hall–Kier alpha value is -3.14. The summed E-state index contributed by atoms with van der Waals surface area (Å²) >= 11 is 0. The lowest BCUT2D eigenvalue weighted by Gasteiger charge is -2.36. The highest BCUT2D eigenvalue weighted by Gasteiger charge is 2.27. The number of aromatic amines is 1. The molecule has 0 unspecified atom stereocenters. The maximum Gasteiger partial charge on any atom is 0.330 e. The fourth-order valence-corrected chi connectivity index (χ4v) is 4.15. The van der Waals surface area contributed by atoms with Gasteiger partial charge in [-0.1, -0.05) is 27.2 Å². The Kier molecular flexibility index (Phi) is 8.49. The molecule has 34 heavy (non-hydrogen) atoms. The SMILES string of the molecule is CCCCN(C(=O)CN1CCN(c2ccc(F)cc2)CC1)c1c(N)n(CC(C)C)c(=O)[nH]c1=O. The smallest absolute Gasteiger partial charge is 0.330 e. The minimum Gasteiger partial charge on any atom is -0.383 e. The van der Waals surface area contributed by atoms with Crippen LogP contribution in [0.5, 0.6) is 0 Å². The number of carbonyl (C=O) groups is 1. The minimum atomic E-state index is -0.645. The molecule has 1 saturated heterocycles. The molecule has 1 aromatic carbocycles. The van der Waals surface area contributed by atoms with Gasteiger partial charge in [0.05, 0.1) is 6.54 Å². The normalized spacial score (nSPS) is 14.6. The topological polar surface area (TPSA) is 108 Å². The van der Waals surface area contributed by atoms with Crippen molar-refractivity contribution in [2.24, 2.45) is 5.92 Å². The number of piperazine rings is 1. The Bertz CT molecular complexity index is 1090. The van der Waals surface area contributed by atoms with Crippen LogP contribution < -0.4 is 26.8 Å². The third-order valence-electron chi connectivity index (χ3n) is 5.99. The van der Waals surface area contributed by atoms with Gasteiger partial charge in [-0.15, -0.1) is 0 Å². The number of nitrogens with two attached hydrogens (primary N) is 1. The van der Waals surface area contributed by atoms with Gasteiger partial charge in [-0.3, -0.25) is 24.0 Å². The first-order chi connectivity index (χ1) is 16.2. The van der Waals surface area contributed by atoms with E-state index < -0.39 is 11.2 Å². The number of unbranched alkanes of at least 4 members (excludes halogenated alkanes) is 1. The first-order valence-corrected chi connectivity index (χ1v) is 11.9. The summed E-state index contributed by atoms with van der Waals surface area (Å²) in [6, 6.07) is 6.39. The Labute approximate surface area is 199 Å². The molecule has 2 heterocycles. The van der Waals surface area contributed by atoms with Crippen LogP contribution in [-0.2, 0) is 11.3 Å². The number of nitrogens with one attached hydrogen (secondary N) is 1. The summed E-state index contributed by atoms with van der Waals surface area (Å²) < 4.78 is 14.5. The third-order valence-corrected chi connectivity index (χ3v) is 5.99. The number of benzene rings is 1. The van der Waals surface area contributed by atoms with Gasteiger partial charge in [0, 0.05) is 45.0 Å². The van der Waals surface area contributed by atoms with Gasteiger partial charge in [-0.25, -0.2) is 9.18 Å². The Balaban J connectivity index is 1.76. The quantitative estimate of drug-likeness (QED) is 0.575. The van der Waals surface area contributed by atoms with Crippen LogP contribution in [0.25, 0.3) is 0 Å². The highest BCUT2D eigenvalue weighted by atomic mass is 19.1. The van der Waals surface area contributed by atoms with Gasteiger partial charge in [0.2, 0.25) is 5.91 Å². The summed E-state index contributed by atoms with van der Waals surface area (Å²) in [5.74, 6) is -0.339. The number of rotatable bonds is 9. The fourth-order valence-electron chi connectivity index (χ4n) is 4.15. The first kappa shape index (κ1) is 25.5.